The molecule has 3 saturated heterocycles. The van der Waals surface area contributed by atoms with Crippen LogP contribution < -0.4 is 5.32 Å². The number of carboxylic acids is 1. The molecule has 3 aromatic rings. The van der Waals surface area contributed by atoms with Gasteiger partial charge in [0.05, 0.1) is 33.7 Å². The average molecular weight is 399 g/mol. The zero-order valence-electron chi connectivity index (χ0n) is 14.4. The fourth-order valence-electron chi connectivity index (χ4n) is 3.80. The maximum atomic E-state index is 13.4. The Hall–Kier alpha value is -2.59. The normalized spacial score (nSPS) is 32.1. The molecule has 142 valence electrons. The van der Waals surface area contributed by atoms with Gasteiger partial charge in [-0.3, -0.25) is 0 Å². The number of fused-ring (bicyclic) bond motifs is 1. The predicted octanol–water partition coefficient (Wildman–Crippen LogP) is 3.13. The van der Waals surface area contributed by atoms with Gasteiger partial charge in [0, 0.05) is 12.1 Å². The van der Waals surface area contributed by atoms with Gasteiger partial charge < -0.3 is 10.4 Å². The summed E-state index contributed by atoms with van der Waals surface area (Å²) >= 11 is 0. The lowest BCUT2D eigenvalue weighted by atomic mass is 10.0. The summed E-state index contributed by atoms with van der Waals surface area (Å²) < 4.78 is 25.2. The summed E-state index contributed by atoms with van der Waals surface area (Å²) in [5.74, 6) is -0.514. The highest BCUT2D eigenvalue weighted by atomic mass is 32.3. The molecule has 28 heavy (non-hydrogen) atoms. The van der Waals surface area contributed by atoms with Crippen LogP contribution in [0.3, 0.4) is 0 Å². The van der Waals surface area contributed by atoms with Gasteiger partial charge in [-0.15, -0.1) is 10.6 Å². The van der Waals surface area contributed by atoms with Gasteiger partial charge in [-0.1, -0.05) is 0 Å². The van der Waals surface area contributed by atoms with Gasteiger partial charge in [0.2, 0.25) is 0 Å². The molecule has 4 heterocycles. The molecule has 3 aliphatic heterocycles. The molecular formula is C19H14FN3O4S. The zero-order chi connectivity index (χ0) is 19.1. The third-order valence-corrected chi connectivity index (χ3v) is 8.03. The second-order valence-corrected chi connectivity index (χ2v) is 9.49. The molecule has 1 aromatic heterocycles. The van der Waals surface area contributed by atoms with Crippen LogP contribution in [-0.4, -0.2) is 38.5 Å². The molecule has 7 nitrogen and oxygen atoms in total. The molecule has 2 aromatic carbocycles. The Kier molecular flexibility index (Phi) is 3.08. The van der Waals surface area contributed by atoms with E-state index >= 15 is 0 Å². The van der Waals surface area contributed by atoms with Crippen molar-refractivity contribution in [3.05, 3.63) is 59.5 Å². The Balaban J connectivity index is 1.57. The van der Waals surface area contributed by atoms with Crippen molar-refractivity contribution in [3.63, 3.8) is 0 Å². The van der Waals surface area contributed by atoms with Crippen molar-refractivity contribution in [2.45, 2.75) is 11.2 Å². The first-order valence-electron chi connectivity index (χ1n) is 8.77. The van der Waals surface area contributed by atoms with Crippen molar-refractivity contribution >= 4 is 27.6 Å². The molecule has 0 spiro atoms. The molecule has 1 unspecified atom stereocenters. The molecule has 6 rings (SSSR count). The van der Waals surface area contributed by atoms with Gasteiger partial charge in [0.15, 0.2) is 0 Å². The van der Waals surface area contributed by atoms with E-state index in [4.69, 9.17) is 18.3 Å². The molecular weight excluding hydrogens is 385 g/mol. The van der Waals surface area contributed by atoms with Gasteiger partial charge in [0.25, 0.3) is 0 Å². The van der Waals surface area contributed by atoms with E-state index in [0.717, 1.165) is 17.9 Å². The summed E-state index contributed by atoms with van der Waals surface area (Å²) in [7, 11) is -1.43. The maximum Gasteiger partial charge on any atom is 0.335 e. The topological polar surface area (TPSA) is 100 Å². The van der Waals surface area contributed by atoms with E-state index in [9.17, 15) is 14.3 Å². The molecule has 2 N–H and O–H groups in total. The minimum atomic E-state index is -1.43. The van der Waals surface area contributed by atoms with Crippen molar-refractivity contribution in [2.75, 3.05) is 12.3 Å². The Morgan fingerprint density at radius 1 is 1.18 bits per heavy atom. The molecule has 0 radical (unpaired) electrons. The molecule has 9 heteroatoms. The minimum Gasteiger partial charge on any atom is -0.478 e. The zero-order valence-corrected chi connectivity index (χ0v) is 15.2. The summed E-state index contributed by atoms with van der Waals surface area (Å²) in [5, 5.41) is 12.0. The molecule has 0 aliphatic carbocycles. The highest BCUT2D eigenvalue weighted by Gasteiger charge is 2.90. The van der Waals surface area contributed by atoms with E-state index in [1.807, 2.05) is 0 Å². The summed E-state index contributed by atoms with van der Waals surface area (Å²) in [6.07, 6.45) is 0. The van der Waals surface area contributed by atoms with Gasteiger partial charge in [-0.2, -0.15) is 0 Å². The van der Waals surface area contributed by atoms with E-state index < -0.39 is 21.7 Å². The Bertz CT molecular complexity index is 1160. The van der Waals surface area contributed by atoms with Crippen LogP contribution in [0.15, 0.2) is 42.5 Å². The van der Waals surface area contributed by atoms with Crippen LogP contribution in [-0.2, 0) is 8.37 Å². The quantitative estimate of drug-likeness (QED) is 0.653. The number of rotatable bonds is 3. The van der Waals surface area contributed by atoms with Crippen LogP contribution in [0.4, 0.5) is 4.39 Å². The van der Waals surface area contributed by atoms with Gasteiger partial charge in [-0.05, 0) is 42.5 Å². The third kappa shape index (κ3) is 2.12. The van der Waals surface area contributed by atoms with Crippen LogP contribution in [0.1, 0.15) is 22.1 Å². The van der Waals surface area contributed by atoms with Crippen molar-refractivity contribution in [1.29, 1.82) is 0 Å². The van der Waals surface area contributed by atoms with Crippen molar-refractivity contribution in [2.24, 2.45) is 0 Å². The SMILES string of the molecule is O=C(O)c1ccc2nc(-c3ccc(F)cc3)c(C3NCCS45OC34O5)nc2c1. The molecule has 0 saturated carbocycles. The number of nitrogens with zero attached hydrogens (tertiary/aromatic N) is 2. The summed E-state index contributed by atoms with van der Waals surface area (Å²) in [4.78, 5) is 20.8. The number of aromatic carboxylic acids is 1. The van der Waals surface area contributed by atoms with Crippen molar-refractivity contribution in [1.82, 2.24) is 15.3 Å². The van der Waals surface area contributed by atoms with Crippen molar-refractivity contribution < 1.29 is 22.7 Å². The smallest absolute Gasteiger partial charge is 0.335 e. The van der Waals surface area contributed by atoms with Crippen LogP contribution >= 0.6 is 10.6 Å². The van der Waals surface area contributed by atoms with E-state index in [1.165, 1.54) is 24.3 Å². The van der Waals surface area contributed by atoms with Crippen LogP contribution in [0.25, 0.3) is 22.3 Å². The summed E-state index contributed by atoms with van der Waals surface area (Å²) in [5.41, 5.74) is 3.12. The van der Waals surface area contributed by atoms with E-state index in [1.54, 1.807) is 18.2 Å². The lowest BCUT2D eigenvalue weighted by Crippen LogP contribution is -2.34. The minimum absolute atomic E-state index is 0.141. The van der Waals surface area contributed by atoms with E-state index in [-0.39, 0.29) is 17.4 Å². The number of benzene rings is 2. The third-order valence-electron chi connectivity index (χ3n) is 5.28. The first-order chi connectivity index (χ1) is 13.5. The lowest BCUT2D eigenvalue weighted by Gasteiger charge is -2.20. The Labute approximate surface area is 160 Å². The Morgan fingerprint density at radius 2 is 1.96 bits per heavy atom. The molecule has 3 aliphatic rings. The number of aromatic nitrogens is 2. The van der Waals surface area contributed by atoms with Gasteiger partial charge in [0.1, 0.15) is 11.9 Å². The summed E-state index contributed by atoms with van der Waals surface area (Å²) in [6.45, 7) is 0.736. The Morgan fingerprint density at radius 3 is 2.71 bits per heavy atom. The second kappa shape index (κ2) is 5.26. The summed E-state index contributed by atoms with van der Waals surface area (Å²) in [6, 6.07) is 10.4. The van der Waals surface area contributed by atoms with Crippen LogP contribution in [0.2, 0.25) is 0 Å². The van der Waals surface area contributed by atoms with Crippen molar-refractivity contribution in [3.8, 4) is 11.3 Å². The monoisotopic (exact) mass is 399 g/mol. The first-order valence-corrected chi connectivity index (χ1v) is 10.4. The van der Waals surface area contributed by atoms with Gasteiger partial charge in [-0.25, -0.2) is 27.5 Å². The van der Waals surface area contributed by atoms with Crippen LogP contribution in [0.5, 0.6) is 0 Å². The fourth-order valence-corrected chi connectivity index (χ4v) is 6.53. The fraction of sp³-hybridized carbons (Fsp3) is 0.211. The highest BCUT2D eigenvalue weighted by molar-refractivity contribution is 8.37. The maximum absolute atomic E-state index is 13.4. The van der Waals surface area contributed by atoms with Gasteiger partial charge >= 0.3 is 11.1 Å². The number of nitrogens with one attached hydrogen (secondary N) is 1. The second-order valence-electron chi connectivity index (χ2n) is 6.95. The molecule has 0 bridgehead atoms. The van der Waals surface area contributed by atoms with E-state index in [2.05, 4.69) is 5.32 Å². The lowest BCUT2D eigenvalue weighted by molar-refractivity contribution is 0.0451. The highest BCUT2D eigenvalue weighted by Crippen LogP contribution is 3.00. The van der Waals surface area contributed by atoms with Crippen LogP contribution in [0, 0.1) is 5.82 Å². The molecule has 0 amide bonds. The standard InChI is InChI=1S/C19H14FN3O4S/c20-12-4-1-10(2-5-12)15-16(17-19-26-28(19,27-19)8-7-21-17)23-14-9-11(18(24)25)3-6-13(14)22-15/h1-6,9,17,21H,7-8H2,(H,24,25). The number of hydrogen-bond donors (Lipinski definition) is 2. The first kappa shape index (κ1) is 16.4. The number of halogens is 1. The predicted molar refractivity (Wildman–Crippen MR) is 100.0 cm³/mol. The number of carboxylic acid groups (broad SMARTS) is 1. The molecule has 1 atom stereocenters. The largest absolute Gasteiger partial charge is 0.478 e. The number of carbonyl (C=O) groups is 1. The molecule has 3 fully saturated rings. The number of hydrogen-bond acceptors (Lipinski definition) is 6. The average Bonchev–Trinajstić information content (AvgIpc) is 3.54. The van der Waals surface area contributed by atoms with E-state index in [0.29, 0.717) is 22.4 Å².